The lowest BCUT2D eigenvalue weighted by Gasteiger charge is -2.13. The number of benzene rings is 1. The highest BCUT2D eigenvalue weighted by Gasteiger charge is 2.08. The third kappa shape index (κ3) is 6.94. The first-order chi connectivity index (χ1) is 13.1. The van der Waals surface area contributed by atoms with Crippen LogP contribution in [0, 0.1) is 13.8 Å². The summed E-state index contributed by atoms with van der Waals surface area (Å²) < 4.78 is 16.0. The zero-order chi connectivity index (χ0) is 19.5. The van der Waals surface area contributed by atoms with Crippen molar-refractivity contribution in [3.63, 3.8) is 0 Å². The first-order valence-electron chi connectivity index (χ1n) is 9.25. The van der Waals surface area contributed by atoms with Crippen LogP contribution in [0.25, 0.3) is 0 Å². The van der Waals surface area contributed by atoms with Crippen molar-refractivity contribution in [1.29, 1.82) is 0 Å². The van der Waals surface area contributed by atoms with Crippen LogP contribution in [0.2, 0.25) is 0 Å². The highest BCUT2D eigenvalue weighted by atomic mass is 16.5. The van der Waals surface area contributed by atoms with Crippen molar-refractivity contribution in [2.45, 2.75) is 33.1 Å². The molecule has 0 radical (unpaired) electrons. The van der Waals surface area contributed by atoms with Crippen molar-refractivity contribution in [3.05, 3.63) is 41.3 Å². The molecule has 1 aromatic carbocycles. The largest absolute Gasteiger partial charge is 0.493 e. The summed E-state index contributed by atoms with van der Waals surface area (Å²) >= 11 is 0. The molecule has 0 unspecified atom stereocenters. The monoisotopic (exact) mass is 374 g/mol. The average Bonchev–Trinajstić information content (AvgIpc) is 2.99. The van der Waals surface area contributed by atoms with E-state index in [1.807, 2.05) is 38.1 Å². The zero-order valence-electron chi connectivity index (χ0n) is 16.7. The van der Waals surface area contributed by atoms with Crippen LogP contribution in [0.15, 0.2) is 33.8 Å². The van der Waals surface area contributed by atoms with Crippen molar-refractivity contribution in [1.82, 2.24) is 10.5 Å². The molecule has 148 valence electrons. The Morgan fingerprint density at radius 2 is 2.07 bits per heavy atom. The van der Waals surface area contributed by atoms with Crippen LogP contribution >= 0.6 is 0 Å². The number of aryl methyl sites for hydroxylation is 2. The van der Waals surface area contributed by atoms with Gasteiger partial charge in [-0.25, -0.2) is 0 Å². The van der Waals surface area contributed by atoms with Crippen LogP contribution in [0.5, 0.6) is 5.75 Å². The molecule has 0 bridgehead atoms. The molecule has 0 saturated heterocycles. The lowest BCUT2D eigenvalue weighted by atomic mass is 10.1. The Bertz CT molecular complexity index is 708. The number of hydrogen-bond donors (Lipinski definition) is 2. The van der Waals surface area contributed by atoms with Gasteiger partial charge in [-0.3, -0.25) is 4.99 Å². The lowest BCUT2D eigenvalue weighted by Crippen LogP contribution is -2.31. The molecule has 0 spiro atoms. The first kappa shape index (κ1) is 20.8. The van der Waals surface area contributed by atoms with Gasteiger partial charge in [0.05, 0.1) is 12.3 Å². The summed E-state index contributed by atoms with van der Waals surface area (Å²) in [6.07, 6.45) is 2.75. The van der Waals surface area contributed by atoms with Gasteiger partial charge in [-0.1, -0.05) is 11.2 Å². The van der Waals surface area contributed by atoms with E-state index >= 15 is 0 Å². The number of ether oxygens (including phenoxy) is 2. The van der Waals surface area contributed by atoms with E-state index in [4.69, 9.17) is 14.0 Å². The van der Waals surface area contributed by atoms with Gasteiger partial charge in [-0.15, -0.1) is 0 Å². The van der Waals surface area contributed by atoms with Crippen LogP contribution in [0.3, 0.4) is 0 Å². The van der Waals surface area contributed by atoms with Gasteiger partial charge in [0.25, 0.3) is 0 Å². The minimum atomic E-state index is 0.631. The van der Waals surface area contributed by atoms with Crippen LogP contribution in [0.4, 0.5) is 5.69 Å². The van der Waals surface area contributed by atoms with Crippen molar-refractivity contribution in [2.75, 3.05) is 39.2 Å². The fourth-order valence-corrected chi connectivity index (χ4v) is 2.70. The molecule has 7 heteroatoms. The number of guanidine groups is 1. The van der Waals surface area contributed by atoms with Crippen LogP contribution in [-0.4, -0.2) is 45.0 Å². The smallest absolute Gasteiger partial charge is 0.195 e. The minimum absolute atomic E-state index is 0.631. The summed E-state index contributed by atoms with van der Waals surface area (Å²) in [5.74, 6) is 2.45. The molecule has 0 saturated carbocycles. The molecule has 0 aliphatic carbocycles. The molecule has 0 fully saturated rings. The normalized spacial score (nSPS) is 11.5. The fourth-order valence-electron chi connectivity index (χ4n) is 2.70. The topological polar surface area (TPSA) is 80.9 Å². The zero-order valence-corrected chi connectivity index (χ0v) is 16.7. The van der Waals surface area contributed by atoms with Gasteiger partial charge >= 0.3 is 0 Å². The fraction of sp³-hybridized carbons (Fsp3) is 0.500. The molecular weight excluding hydrogens is 344 g/mol. The van der Waals surface area contributed by atoms with E-state index in [0.717, 1.165) is 54.7 Å². The highest BCUT2D eigenvalue weighted by molar-refractivity contribution is 5.93. The molecular formula is C20H30N4O3. The molecule has 7 nitrogen and oxygen atoms in total. The van der Waals surface area contributed by atoms with Gasteiger partial charge in [-0.2, -0.15) is 0 Å². The molecule has 27 heavy (non-hydrogen) atoms. The predicted molar refractivity (Wildman–Crippen MR) is 108 cm³/mol. The Morgan fingerprint density at radius 1 is 1.22 bits per heavy atom. The average molecular weight is 374 g/mol. The Morgan fingerprint density at radius 3 is 2.78 bits per heavy atom. The van der Waals surface area contributed by atoms with E-state index in [0.29, 0.717) is 13.2 Å². The second-order valence-electron chi connectivity index (χ2n) is 6.25. The maximum Gasteiger partial charge on any atom is 0.195 e. The number of methoxy groups -OCH3 is 1. The van der Waals surface area contributed by atoms with Gasteiger partial charge < -0.3 is 24.6 Å². The standard InChI is InChI=1S/C20H30N4O3/c1-15-19(16(2)27-24-15)10-6-11-22-20(21-3)23-17-8-5-9-18(14-17)26-13-7-12-25-4/h5,8-9,14H,6-7,10-13H2,1-4H3,(H2,21,22,23). The maximum absolute atomic E-state index is 5.73. The maximum atomic E-state index is 5.73. The Labute approximate surface area is 161 Å². The third-order valence-electron chi connectivity index (χ3n) is 4.16. The quantitative estimate of drug-likeness (QED) is 0.377. The van der Waals surface area contributed by atoms with Gasteiger partial charge in [0, 0.05) is 51.0 Å². The van der Waals surface area contributed by atoms with Crippen LogP contribution in [0.1, 0.15) is 29.9 Å². The van der Waals surface area contributed by atoms with Gasteiger partial charge in [0.15, 0.2) is 5.96 Å². The number of aromatic nitrogens is 1. The number of hydrogen-bond acceptors (Lipinski definition) is 5. The van der Waals surface area contributed by atoms with E-state index in [9.17, 15) is 0 Å². The summed E-state index contributed by atoms with van der Waals surface area (Å²) in [7, 11) is 3.45. The van der Waals surface area contributed by atoms with E-state index in [2.05, 4.69) is 20.8 Å². The number of nitrogens with zero attached hydrogens (tertiary/aromatic N) is 2. The van der Waals surface area contributed by atoms with E-state index in [1.54, 1.807) is 14.2 Å². The van der Waals surface area contributed by atoms with Crippen LogP contribution < -0.4 is 15.4 Å². The number of nitrogens with one attached hydrogen (secondary N) is 2. The summed E-state index contributed by atoms with van der Waals surface area (Å²) in [6, 6.07) is 7.85. The predicted octanol–water partition coefficient (Wildman–Crippen LogP) is 3.33. The highest BCUT2D eigenvalue weighted by Crippen LogP contribution is 2.17. The van der Waals surface area contributed by atoms with E-state index < -0.39 is 0 Å². The molecule has 2 aromatic rings. The molecule has 0 aliphatic rings. The van der Waals surface area contributed by atoms with E-state index in [-0.39, 0.29) is 0 Å². The van der Waals surface area contributed by atoms with Crippen molar-refractivity contribution in [2.24, 2.45) is 4.99 Å². The number of anilines is 1. The lowest BCUT2D eigenvalue weighted by molar-refractivity contribution is 0.172. The number of rotatable bonds is 10. The molecule has 0 atom stereocenters. The van der Waals surface area contributed by atoms with Gasteiger partial charge in [-0.05, 0) is 38.8 Å². The van der Waals surface area contributed by atoms with Gasteiger partial charge in [0.2, 0.25) is 0 Å². The Kier molecular flexibility index (Phi) is 8.64. The molecule has 2 rings (SSSR count). The second-order valence-corrected chi connectivity index (χ2v) is 6.25. The summed E-state index contributed by atoms with van der Waals surface area (Å²) in [5, 5.41) is 10.6. The second kappa shape index (κ2) is 11.2. The summed E-state index contributed by atoms with van der Waals surface area (Å²) in [6.45, 7) is 6.06. The first-order valence-corrected chi connectivity index (χ1v) is 9.25. The molecule has 1 aromatic heterocycles. The molecule has 0 aliphatic heterocycles. The van der Waals surface area contributed by atoms with Crippen molar-refractivity contribution < 1.29 is 14.0 Å². The molecule has 0 amide bonds. The minimum Gasteiger partial charge on any atom is -0.493 e. The number of aliphatic imine (C=N–C) groups is 1. The van der Waals surface area contributed by atoms with Crippen molar-refractivity contribution >= 4 is 11.6 Å². The SMILES string of the molecule is CN=C(NCCCc1c(C)noc1C)Nc1cccc(OCCCOC)c1. The molecule has 2 N–H and O–H groups in total. The van der Waals surface area contributed by atoms with E-state index in [1.165, 1.54) is 5.56 Å². The molecule has 1 heterocycles. The van der Waals surface area contributed by atoms with Crippen LogP contribution in [-0.2, 0) is 11.2 Å². The Balaban J connectivity index is 1.77. The Hall–Kier alpha value is -2.54. The third-order valence-corrected chi connectivity index (χ3v) is 4.16. The van der Waals surface area contributed by atoms with Crippen molar-refractivity contribution in [3.8, 4) is 5.75 Å². The summed E-state index contributed by atoms with van der Waals surface area (Å²) in [4.78, 5) is 4.28. The summed E-state index contributed by atoms with van der Waals surface area (Å²) in [5.41, 5.74) is 3.09. The van der Waals surface area contributed by atoms with Gasteiger partial charge in [0.1, 0.15) is 11.5 Å².